The molecule has 0 aromatic heterocycles. The first-order chi connectivity index (χ1) is 37.8. The molecule has 0 spiro atoms. The Hall–Kier alpha value is -0.0200. The molecule has 0 radical (unpaired) electrons. The smallest absolute Gasteiger partial charge is 0.0784 e. The van der Waals surface area contributed by atoms with Crippen molar-refractivity contribution >= 4 is 0 Å². The summed E-state index contributed by atoms with van der Waals surface area (Å²) in [6, 6.07) is 0. The highest BCUT2D eigenvalue weighted by atomic mass is 35.5. The normalized spacial score (nSPS) is 11.9. The molecule has 478 valence electrons. The molecule has 0 unspecified atom stereocenters. The molecule has 0 saturated heterocycles. The zero-order valence-electron chi connectivity index (χ0n) is 56.5. The number of halogens is 2. The van der Waals surface area contributed by atoms with Crippen molar-refractivity contribution in [1.29, 1.82) is 0 Å². The van der Waals surface area contributed by atoms with Crippen LogP contribution in [0.15, 0.2) is 24.3 Å². The van der Waals surface area contributed by atoms with Crippen LogP contribution in [-0.2, 0) is 0 Å². The fraction of sp³-hybridized carbons (Fsp3) is 0.947. The highest BCUT2D eigenvalue weighted by molar-refractivity contribution is 4.82. The van der Waals surface area contributed by atoms with Crippen LogP contribution in [0.5, 0.6) is 0 Å². The highest BCUT2D eigenvalue weighted by Gasteiger charge is 2.20. The fourth-order valence-electron chi connectivity index (χ4n) is 12.0. The second kappa shape index (κ2) is 74.1. The molecule has 0 heterocycles. The summed E-state index contributed by atoms with van der Waals surface area (Å²) in [6.45, 7) is 18.6. The standard InChI is InChI=1S/C38H76N.C37H78N.2ClH/c1-5-7-9-11-13-15-17-19-21-23-25-27-29-31-33-35-37-39(3,4)38-36-34-32-30-28-26-24-22-20-18-16-14-12-10-8-6-2;1-5-8-11-14-17-20-23-26-29-32-35-38(4,36-33-30-27-24-21-18-15-12-9-6-2)37-34-31-28-25-22-19-16-13-10-7-3;;/h19-22H,5-18,23-38H2,1-4H3;5-37H2,1-4H3;2*1H/q2*+1;;/p-2/b21-19-,22-20-;;;. The van der Waals surface area contributed by atoms with Crippen molar-refractivity contribution in [1.82, 2.24) is 0 Å². The Bertz CT molecular complexity index is 999. The minimum Gasteiger partial charge on any atom is -1.00 e. The first kappa shape index (κ1) is 85.4. The van der Waals surface area contributed by atoms with Gasteiger partial charge in [-0.25, -0.2) is 0 Å². The van der Waals surface area contributed by atoms with Crippen molar-refractivity contribution in [3.05, 3.63) is 24.3 Å². The van der Waals surface area contributed by atoms with Crippen LogP contribution in [-0.4, -0.2) is 62.8 Å². The summed E-state index contributed by atoms with van der Waals surface area (Å²) >= 11 is 0. The van der Waals surface area contributed by atoms with Crippen molar-refractivity contribution in [3.8, 4) is 0 Å². The van der Waals surface area contributed by atoms with Gasteiger partial charge in [-0.05, 0) is 116 Å². The molecule has 0 saturated carbocycles. The Morgan fingerprint density at radius 3 is 0.494 bits per heavy atom. The maximum Gasteiger partial charge on any atom is 0.0784 e. The molecular weight excluding hydrogens is 1000 g/mol. The maximum atomic E-state index is 2.61. The van der Waals surface area contributed by atoms with Crippen LogP contribution in [0.25, 0.3) is 0 Å². The summed E-state index contributed by atoms with van der Waals surface area (Å²) in [7, 11) is 7.51. The van der Waals surface area contributed by atoms with Crippen LogP contribution in [0.1, 0.15) is 407 Å². The van der Waals surface area contributed by atoms with Crippen LogP contribution < -0.4 is 24.8 Å². The van der Waals surface area contributed by atoms with Crippen molar-refractivity contribution in [2.24, 2.45) is 0 Å². The van der Waals surface area contributed by atoms with E-state index in [9.17, 15) is 0 Å². The number of rotatable bonds is 65. The summed E-state index contributed by atoms with van der Waals surface area (Å²) in [5, 5.41) is 0. The van der Waals surface area contributed by atoms with E-state index in [0.717, 1.165) is 0 Å². The highest BCUT2D eigenvalue weighted by Crippen LogP contribution is 2.20. The Labute approximate surface area is 516 Å². The zero-order valence-corrected chi connectivity index (χ0v) is 58.0. The minimum atomic E-state index is 0. The van der Waals surface area contributed by atoms with Crippen LogP contribution in [0.3, 0.4) is 0 Å². The monoisotopic (exact) mass is 1150 g/mol. The third-order valence-corrected chi connectivity index (χ3v) is 17.7. The molecule has 0 aliphatic carbocycles. The van der Waals surface area contributed by atoms with Gasteiger partial charge >= 0.3 is 0 Å². The van der Waals surface area contributed by atoms with E-state index in [1.165, 1.54) is 414 Å². The van der Waals surface area contributed by atoms with Gasteiger partial charge < -0.3 is 33.8 Å². The average Bonchev–Trinajstić information content (AvgIpc) is 3.42. The van der Waals surface area contributed by atoms with Crippen molar-refractivity contribution in [3.63, 3.8) is 0 Å². The fourth-order valence-corrected chi connectivity index (χ4v) is 12.0. The summed E-state index contributed by atoms with van der Waals surface area (Å²) < 4.78 is 2.60. The van der Waals surface area contributed by atoms with Gasteiger partial charge in [0.1, 0.15) is 0 Å². The van der Waals surface area contributed by atoms with Crippen LogP contribution in [0.4, 0.5) is 0 Å². The molecule has 0 atom stereocenters. The molecule has 0 N–H and O–H groups in total. The van der Waals surface area contributed by atoms with E-state index in [1.54, 1.807) is 0 Å². The third kappa shape index (κ3) is 76.0. The molecule has 0 rings (SSSR count). The Balaban J connectivity index is -0.000000695. The van der Waals surface area contributed by atoms with Gasteiger partial charge in [-0.1, -0.05) is 316 Å². The first-order valence-corrected chi connectivity index (χ1v) is 36.8. The van der Waals surface area contributed by atoms with Crippen molar-refractivity contribution < 1.29 is 33.8 Å². The topological polar surface area (TPSA) is 0 Å². The number of nitrogens with zero attached hydrogens (tertiary/aromatic N) is 2. The summed E-state index contributed by atoms with van der Waals surface area (Å²) in [5.41, 5.74) is 0. The third-order valence-electron chi connectivity index (χ3n) is 17.7. The number of unbranched alkanes of at least 4 members (excludes halogenated alkanes) is 51. The summed E-state index contributed by atoms with van der Waals surface area (Å²) in [4.78, 5) is 0. The molecule has 0 aromatic rings. The molecule has 0 aromatic carbocycles. The molecule has 2 nitrogen and oxygen atoms in total. The minimum absolute atomic E-state index is 0. The van der Waals surface area contributed by atoms with Gasteiger partial charge in [0, 0.05) is 0 Å². The van der Waals surface area contributed by atoms with E-state index >= 15 is 0 Å². The SMILES string of the molecule is CCCCCCCC/C=C\CCCCCCCC[N+](C)(C)CCCCCCCC/C=C\CCCCCCCC.CCCCCCCCCCCC[N+](C)(CCCCCCCCCCCC)CCCCCCCCCCCC.[Cl-].[Cl-]. The van der Waals surface area contributed by atoms with E-state index in [4.69, 9.17) is 0 Å². The quantitative estimate of drug-likeness (QED) is 0.0323. The van der Waals surface area contributed by atoms with E-state index < -0.39 is 0 Å². The van der Waals surface area contributed by atoms with Gasteiger partial charge in [-0.2, -0.15) is 0 Å². The second-order valence-corrected chi connectivity index (χ2v) is 26.6. The lowest BCUT2D eigenvalue weighted by atomic mass is 10.0. The summed E-state index contributed by atoms with van der Waals surface area (Å²) in [5.74, 6) is 0. The maximum absolute atomic E-state index is 2.61. The van der Waals surface area contributed by atoms with Gasteiger partial charge in [0.15, 0.2) is 0 Å². The predicted molar refractivity (Wildman–Crippen MR) is 357 cm³/mol. The zero-order chi connectivity index (χ0) is 56.4. The van der Waals surface area contributed by atoms with Crippen molar-refractivity contribution in [2.75, 3.05) is 53.9 Å². The molecule has 0 aliphatic heterocycles. The lowest BCUT2D eigenvalue weighted by Crippen LogP contribution is -3.00. The second-order valence-electron chi connectivity index (χ2n) is 26.6. The van der Waals surface area contributed by atoms with Gasteiger partial charge in [0.2, 0.25) is 0 Å². The Kier molecular flexibility index (Phi) is 80.1. The first-order valence-electron chi connectivity index (χ1n) is 36.8. The van der Waals surface area contributed by atoms with E-state index in [2.05, 4.69) is 80.1 Å². The summed E-state index contributed by atoms with van der Waals surface area (Å²) in [6.07, 6.45) is 92.8. The number of allylic oxidation sites excluding steroid dienone is 4. The van der Waals surface area contributed by atoms with E-state index in [1.807, 2.05) is 0 Å². The average molecular weight is 1150 g/mol. The number of hydrogen-bond acceptors (Lipinski definition) is 0. The molecule has 0 bridgehead atoms. The van der Waals surface area contributed by atoms with E-state index in [0.29, 0.717) is 0 Å². The molecule has 79 heavy (non-hydrogen) atoms. The Morgan fingerprint density at radius 1 is 0.177 bits per heavy atom. The van der Waals surface area contributed by atoms with Crippen LogP contribution >= 0.6 is 0 Å². The molecule has 4 heteroatoms. The molecule has 0 fully saturated rings. The number of hydrogen-bond donors (Lipinski definition) is 0. The largest absolute Gasteiger partial charge is 1.00 e. The van der Waals surface area contributed by atoms with Gasteiger partial charge in [0.25, 0.3) is 0 Å². The molecular formula is C75H154Cl2N2. The van der Waals surface area contributed by atoms with E-state index in [-0.39, 0.29) is 24.8 Å². The molecule has 0 aliphatic rings. The molecule has 0 amide bonds. The van der Waals surface area contributed by atoms with Gasteiger partial charge in [-0.15, -0.1) is 0 Å². The van der Waals surface area contributed by atoms with Gasteiger partial charge in [0.05, 0.1) is 53.9 Å². The van der Waals surface area contributed by atoms with Crippen LogP contribution in [0.2, 0.25) is 0 Å². The Morgan fingerprint density at radius 2 is 0.316 bits per heavy atom. The lowest BCUT2D eigenvalue weighted by Gasteiger charge is -2.35. The van der Waals surface area contributed by atoms with Gasteiger partial charge in [-0.3, -0.25) is 0 Å². The van der Waals surface area contributed by atoms with Crippen molar-refractivity contribution in [2.45, 2.75) is 407 Å². The lowest BCUT2D eigenvalue weighted by molar-refractivity contribution is -0.910. The van der Waals surface area contributed by atoms with Crippen LogP contribution in [0, 0.1) is 0 Å². The number of quaternary nitrogens is 2. The predicted octanol–water partition coefficient (Wildman–Crippen LogP) is 20.3.